The van der Waals surface area contributed by atoms with Crippen molar-refractivity contribution in [2.75, 3.05) is 12.4 Å². The van der Waals surface area contributed by atoms with Gasteiger partial charge < -0.3 is 10.1 Å². The van der Waals surface area contributed by atoms with Crippen molar-refractivity contribution in [2.45, 2.75) is 6.92 Å². The number of hydrogen-bond acceptors (Lipinski definition) is 4. The lowest BCUT2D eigenvalue weighted by Crippen LogP contribution is -2.13. The van der Waals surface area contributed by atoms with E-state index in [4.69, 9.17) is 4.74 Å². The standard InChI is InChI=1S/C12H11BrN2O2S/c1-7-5-8(13)6-14-11(7)15-12(16)10-9(17-2)3-4-18-10/h3-6H,1-2H3,(H,14,15,16). The van der Waals surface area contributed by atoms with Gasteiger partial charge in [-0.2, -0.15) is 0 Å². The number of aromatic nitrogens is 1. The van der Waals surface area contributed by atoms with Crippen molar-refractivity contribution >= 4 is 39.0 Å². The molecule has 0 radical (unpaired) electrons. The van der Waals surface area contributed by atoms with Crippen molar-refractivity contribution in [1.29, 1.82) is 0 Å². The van der Waals surface area contributed by atoms with Crippen LogP contribution in [0.5, 0.6) is 5.75 Å². The molecule has 6 heteroatoms. The van der Waals surface area contributed by atoms with Crippen LogP contribution in [0.25, 0.3) is 0 Å². The predicted molar refractivity (Wildman–Crippen MR) is 75.5 cm³/mol. The fourth-order valence-electron chi connectivity index (χ4n) is 1.46. The van der Waals surface area contributed by atoms with Crippen LogP contribution in [0.3, 0.4) is 0 Å². The number of anilines is 1. The van der Waals surface area contributed by atoms with Gasteiger partial charge in [0.1, 0.15) is 16.4 Å². The lowest BCUT2D eigenvalue weighted by atomic mass is 10.3. The monoisotopic (exact) mass is 326 g/mol. The van der Waals surface area contributed by atoms with Crippen LogP contribution in [0.4, 0.5) is 5.82 Å². The Morgan fingerprint density at radius 2 is 2.33 bits per heavy atom. The second-order valence-electron chi connectivity index (χ2n) is 3.59. The first-order chi connectivity index (χ1) is 8.61. The van der Waals surface area contributed by atoms with Gasteiger partial charge in [-0.25, -0.2) is 4.98 Å². The topological polar surface area (TPSA) is 51.2 Å². The lowest BCUT2D eigenvalue weighted by molar-refractivity contribution is 0.102. The lowest BCUT2D eigenvalue weighted by Gasteiger charge is -2.07. The van der Waals surface area contributed by atoms with Crippen LogP contribution in [0.15, 0.2) is 28.2 Å². The molecule has 2 rings (SSSR count). The van der Waals surface area contributed by atoms with Gasteiger partial charge in [-0.3, -0.25) is 4.79 Å². The highest BCUT2D eigenvalue weighted by atomic mass is 79.9. The molecule has 2 aromatic rings. The highest BCUT2D eigenvalue weighted by Crippen LogP contribution is 2.26. The third-order valence-electron chi connectivity index (χ3n) is 2.33. The molecule has 2 heterocycles. The molecule has 0 aliphatic rings. The molecule has 1 N–H and O–H groups in total. The number of amides is 1. The quantitative estimate of drug-likeness (QED) is 0.939. The summed E-state index contributed by atoms with van der Waals surface area (Å²) in [6.45, 7) is 1.89. The average Bonchev–Trinajstić information content (AvgIpc) is 2.81. The molecular formula is C12H11BrN2O2S. The van der Waals surface area contributed by atoms with E-state index in [1.165, 1.54) is 11.3 Å². The van der Waals surface area contributed by atoms with Crippen molar-refractivity contribution in [1.82, 2.24) is 4.98 Å². The number of carbonyl (C=O) groups is 1. The molecule has 1 amide bonds. The van der Waals surface area contributed by atoms with Crippen molar-refractivity contribution in [3.63, 3.8) is 0 Å². The Morgan fingerprint density at radius 1 is 1.56 bits per heavy atom. The molecule has 0 unspecified atom stereocenters. The van der Waals surface area contributed by atoms with Gasteiger partial charge in [-0.1, -0.05) is 0 Å². The number of methoxy groups -OCH3 is 1. The Bertz CT molecular complexity index is 583. The molecule has 0 fully saturated rings. The second-order valence-corrected chi connectivity index (χ2v) is 5.42. The third-order valence-corrected chi connectivity index (χ3v) is 3.66. The molecule has 0 aliphatic heterocycles. The Balaban J connectivity index is 2.21. The first-order valence-electron chi connectivity index (χ1n) is 5.17. The maximum absolute atomic E-state index is 12.1. The van der Waals surface area contributed by atoms with Crippen LogP contribution < -0.4 is 10.1 Å². The molecule has 0 bridgehead atoms. The number of aryl methyl sites for hydroxylation is 1. The number of nitrogens with zero attached hydrogens (tertiary/aromatic N) is 1. The number of thiophene rings is 1. The maximum Gasteiger partial charge on any atom is 0.270 e. The molecule has 18 heavy (non-hydrogen) atoms. The van der Waals surface area contributed by atoms with Gasteiger partial charge in [0, 0.05) is 10.7 Å². The molecule has 0 spiro atoms. The summed E-state index contributed by atoms with van der Waals surface area (Å²) < 4.78 is 6.00. The van der Waals surface area contributed by atoms with Crippen LogP contribution in [-0.4, -0.2) is 18.0 Å². The SMILES string of the molecule is COc1ccsc1C(=O)Nc1ncc(Br)cc1C. The smallest absolute Gasteiger partial charge is 0.270 e. The van der Waals surface area contributed by atoms with Gasteiger partial charge in [-0.15, -0.1) is 11.3 Å². The number of carbonyl (C=O) groups excluding carboxylic acids is 1. The third kappa shape index (κ3) is 2.70. The molecular weight excluding hydrogens is 316 g/mol. The Hall–Kier alpha value is -1.40. The predicted octanol–water partition coefficient (Wildman–Crippen LogP) is 3.47. The Morgan fingerprint density at radius 3 is 3.00 bits per heavy atom. The second kappa shape index (κ2) is 5.49. The fourth-order valence-corrected chi connectivity index (χ4v) is 2.66. The van der Waals surface area contributed by atoms with Crippen molar-refractivity contribution in [3.8, 4) is 5.75 Å². The van der Waals surface area contributed by atoms with E-state index in [1.54, 1.807) is 19.4 Å². The van der Waals surface area contributed by atoms with Gasteiger partial charge in [0.15, 0.2) is 0 Å². The minimum Gasteiger partial charge on any atom is -0.495 e. The number of rotatable bonds is 3. The highest BCUT2D eigenvalue weighted by molar-refractivity contribution is 9.10. The van der Waals surface area contributed by atoms with Crippen LogP contribution in [0.2, 0.25) is 0 Å². The van der Waals surface area contributed by atoms with E-state index in [0.717, 1.165) is 10.0 Å². The molecule has 94 valence electrons. The molecule has 0 aromatic carbocycles. The Labute approximate surface area is 117 Å². The summed E-state index contributed by atoms with van der Waals surface area (Å²) in [7, 11) is 1.54. The summed E-state index contributed by atoms with van der Waals surface area (Å²) in [6.07, 6.45) is 1.65. The summed E-state index contributed by atoms with van der Waals surface area (Å²) in [4.78, 5) is 16.8. The molecule has 0 saturated carbocycles. The van der Waals surface area contributed by atoms with E-state index in [9.17, 15) is 4.79 Å². The number of ether oxygens (including phenoxy) is 1. The average molecular weight is 327 g/mol. The maximum atomic E-state index is 12.1. The van der Waals surface area contributed by atoms with Crippen LogP contribution in [0, 0.1) is 6.92 Å². The highest BCUT2D eigenvalue weighted by Gasteiger charge is 2.15. The first kappa shape index (κ1) is 13.0. The van der Waals surface area contributed by atoms with E-state index < -0.39 is 0 Å². The van der Waals surface area contributed by atoms with Gasteiger partial charge in [0.25, 0.3) is 5.91 Å². The van der Waals surface area contributed by atoms with E-state index in [1.807, 2.05) is 18.4 Å². The summed E-state index contributed by atoms with van der Waals surface area (Å²) in [5.41, 5.74) is 0.897. The number of nitrogens with one attached hydrogen (secondary N) is 1. The van der Waals surface area contributed by atoms with E-state index in [-0.39, 0.29) is 5.91 Å². The van der Waals surface area contributed by atoms with Gasteiger partial charge in [0.2, 0.25) is 0 Å². The van der Waals surface area contributed by atoms with Gasteiger partial charge in [-0.05, 0) is 45.9 Å². The van der Waals surface area contributed by atoms with Crippen LogP contribution in [-0.2, 0) is 0 Å². The number of halogens is 1. The van der Waals surface area contributed by atoms with Gasteiger partial charge in [0.05, 0.1) is 7.11 Å². The summed E-state index contributed by atoms with van der Waals surface area (Å²) in [6, 6.07) is 3.66. The van der Waals surface area contributed by atoms with Crippen molar-refractivity contribution in [2.24, 2.45) is 0 Å². The molecule has 4 nitrogen and oxygen atoms in total. The zero-order valence-corrected chi connectivity index (χ0v) is 12.3. The minimum absolute atomic E-state index is 0.209. The summed E-state index contributed by atoms with van der Waals surface area (Å²) in [5.74, 6) is 0.922. The zero-order valence-electron chi connectivity index (χ0n) is 9.86. The summed E-state index contributed by atoms with van der Waals surface area (Å²) in [5, 5.41) is 4.59. The van der Waals surface area contributed by atoms with Crippen LogP contribution in [0.1, 0.15) is 15.2 Å². The minimum atomic E-state index is -0.209. The van der Waals surface area contributed by atoms with E-state index in [2.05, 4.69) is 26.2 Å². The summed E-state index contributed by atoms with van der Waals surface area (Å²) >= 11 is 4.67. The van der Waals surface area contributed by atoms with Crippen LogP contribution >= 0.6 is 27.3 Å². The van der Waals surface area contributed by atoms with Crippen molar-refractivity contribution in [3.05, 3.63) is 38.6 Å². The van der Waals surface area contributed by atoms with Crippen molar-refractivity contribution < 1.29 is 9.53 Å². The Kier molecular flexibility index (Phi) is 3.98. The van der Waals surface area contributed by atoms with E-state index >= 15 is 0 Å². The zero-order chi connectivity index (χ0) is 13.1. The first-order valence-corrected chi connectivity index (χ1v) is 6.84. The molecule has 0 aliphatic carbocycles. The molecule has 0 saturated heterocycles. The normalized spacial score (nSPS) is 10.2. The molecule has 2 aromatic heterocycles. The largest absolute Gasteiger partial charge is 0.495 e. The number of hydrogen-bond donors (Lipinski definition) is 1. The number of pyridine rings is 1. The van der Waals surface area contributed by atoms with Gasteiger partial charge >= 0.3 is 0 Å². The molecule has 0 atom stereocenters. The fraction of sp³-hybridized carbons (Fsp3) is 0.167. The van der Waals surface area contributed by atoms with E-state index in [0.29, 0.717) is 16.4 Å².